The molecule has 0 saturated carbocycles. The molecule has 0 aromatic heterocycles. The molecule has 4 heteroatoms. The molecule has 2 rings (SSSR count). The van der Waals surface area contributed by atoms with Crippen LogP contribution in [0.5, 0.6) is 0 Å². The van der Waals surface area contributed by atoms with Crippen LogP contribution in [0.25, 0.3) is 0 Å². The van der Waals surface area contributed by atoms with E-state index in [0.29, 0.717) is 11.7 Å². The van der Waals surface area contributed by atoms with Gasteiger partial charge < -0.3 is 4.74 Å². The molecule has 2 atom stereocenters. The number of alkyl halides is 1. The van der Waals surface area contributed by atoms with Gasteiger partial charge in [-0.1, -0.05) is 44.6 Å². The predicted molar refractivity (Wildman–Crippen MR) is 69.8 cm³/mol. The molecular weight excluding hydrogens is 374 g/mol. The summed E-state index contributed by atoms with van der Waals surface area (Å²) in [5, 5.41) is 0. The van der Waals surface area contributed by atoms with Crippen LogP contribution in [-0.2, 0) is 4.74 Å². The smallest absolute Gasteiger partial charge is 0.130 e. The highest BCUT2D eigenvalue weighted by molar-refractivity contribution is 14.1. The van der Waals surface area contributed by atoms with E-state index < -0.39 is 0 Å². The fourth-order valence-electron chi connectivity index (χ4n) is 1.81. The standard InChI is InChI=1S/C11H11BrFIO/c12-7-1-3-9(10(13)5-7)11-4-2-8(6-14)15-11/h1,3,5,8,11H,2,4,6H2. The maximum atomic E-state index is 13.6. The molecule has 1 saturated heterocycles. The lowest BCUT2D eigenvalue weighted by Crippen LogP contribution is -2.08. The van der Waals surface area contributed by atoms with Crippen LogP contribution in [0.3, 0.4) is 0 Å². The summed E-state index contributed by atoms with van der Waals surface area (Å²) in [6.45, 7) is 0. The summed E-state index contributed by atoms with van der Waals surface area (Å²) in [5.74, 6) is -0.177. The molecule has 1 aromatic carbocycles. The Balaban J connectivity index is 2.17. The number of ether oxygens (including phenoxy) is 1. The van der Waals surface area contributed by atoms with Crippen molar-refractivity contribution in [2.45, 2.75) is 25.0 Å². The Kier molecular flexibility index (Phi) is 4.01. The summed E-state index contributed by atoms with van der Waals surface area (Å²) >= 11 is 5.56. The lowest BCUT2D eigenvalue weighted by Gasteiger charge is -2.13. The molecule has 1 heterocycles. The molecule has 15 heavy (non-hydrogen) atoms. The van der Waals surface area contributed by atoms with Crippen LogP contribution in [0.1, 0.15) is 24.5 Å². The Morgan fingerprint density at radius 3 is 2.87 bits per heavy atom. The van der Waals surface area contributed by atoms with Gasteiger partial charge in [0.15, 0.2) is 0 Å². The van der Waals surface area contributed by atoms with Gasteiger partial charge in [0, 0.05) is 14.5 Å². The molecule has 0 bridgehead atoms. The zero-order valence-corrected chi connectivity index (χ0v) is 11.8. The van der Waals surface area contributed by atoms with Crippen molar-refractivity contribution in [3.8, 4) is 0 Å². The van der Waals surface area contributed by atoms with Crippen molar-refractivity contribution in [1.82, 2.24) is 0 Å². The molecule has 0 aliphatic carbocycles. The van der Waals surface area contributed by atoms with E-state index in [1.807, 2.05) is 6.07 Å². The molecule has 82 valence electrons. The van der Waals surface area contributed by atoms with Crippen LogP contribution in [0.4, 0.5) is 4.39 Å². The van der Waals surface area contributed by atoms with Crippen molar-refractivity contribution in [3.05, 3.63) is 34.1 Å². The molecule has 1 aromatic rings. The molecule has 1 aliphatic heterocycles. The minimum Gasteiger partial charge on any atom is -0.369 e. The van der Waals surface area contributed by atoms with Crippen LogP contribution in [-0.4, -0.2) is 10.5 Å². The van der Waals surface area contributed by atoms with Gasteiger partial charge in [-0.3, -0.25) is 0 Å². The summed E-state index contributed by atoms with van der Waals surface area (Å²) in [5.41, 5.74) is 0.686. The van der Waals surface area contributed by atoms with Crippen molar-refractivity contribution < 1.29 is 9.13 Å². The fourth-order valence-corrected chi connectivity index (χ4v) is 2.79. The van der Waals surface area contributed by atoms with Gasteiger partial charge in [-0.15, -0.1) is 0 Å². The largest absolute Gasteiger partial charge is 0.369 e. The molecular formula is C11H11BrFIO. The topological polar surface area (TPSA) is 9.23 Å². The van der Waals surface area contributed by atoms with Crippen molar-refractivity contribution in [2.75, 3.05) is 4.43 Å². The molecule has 1 aliphatic rings. The summed E-state index contributed by atoms with van der Waals surface area (Å²) in [6, 6.07) is 5.16. The van der Waals surface area contributed by atoms with Crippen molar-refractivity contribution >= 4 is 38.5 Å². The average Bonchev–Trinajstić information content (AvgIpc) is 2.66. The van der Waals surface area contributed by atoms with Crippen LogP contribution >= 0.6 is 38.5 Å². The molecule has 0 amide bonds. The molecule has 2 unspecified atom stereocenters. The second-order valence-electron chi connectivity index (χ2n) is 3.64. The molecule has 0 radical (unpaired) electrons. The van der Waals surface area contributed by atoms with Crippen LogP contribution < -0.4 is 0 Å². The maximum absolute atomic E-state index is 13.6. The van der Waals surface area contributed by atoms with Gasteiger partial charge in [0.2, 0.25) is 0 Å². The zero-order chi connectivity index (χ0) is 10.8. The first-order valence-corrected chi connectivity index (χ1v) is 7.19. The number of hydrogen-bond acceptors (Lipinski definition) is 1. The number of hydrogen-bond donors (Lipinski definition) is 0. The second kappa shape index (κ2) is 5.10. The van der Waals surface area contributed by atoms with Crippen molar-refractivity contribution in [3.63, 3.8) is 0 Å². The van der Waals surface area contributed by atoms with Gasteiger partial charge in [-0.2, -0.15) is 0 Å². The monoisotopic (exact) mass is 384 g/mol. The minimum absolute atomic E-state index is 0.0575. The van der Waals surface area contributed by atoms with Gasteiger partial charge in [0.25, 0.3) is 0 Å². The normalized spacial score (nSPS) is 25.8. The van der Waals surface area contributed by atoms with Crippen LogP contribution in [0, 0.1) is 5.82 Å². The molecule has 0 N–H and O–H groups in total. The van der Waals surface area contributed by atoms with E-state index in [1.54, 1.807) is 6.07 Å². The van der Waals surface area contributed by atoms with Gasteiger partial charge in [0.05, 0.1) is 12.2 Å². The first-order chi connectivity index (χ1) is 7.20. The van der Waals surface area contributed by atoms with Gasteiger partial charge in [-0.25, -0.2) is 4.39 Å². The van der Waals surface area contributed by atoms with E-state index in [4.69, 9.17) is 4.74 Å². The highest BCUT2D eigenvalue weighted by Gasteiger charge is 2.27. The summed E-state index contributed by atoms with van der Waals surface area (Å²) < 4.78 is 21.1. The Bertz CT molecular complexity index is 358. The zero-order valence-electron chi connectivity index (χ0n) is 8.05. The van der Waals surface area contributed by atoms with Crippen LogP contribution in [0.2, 0.25) is 0 Å². The van der Waals surface area contributed by atoms with E-state index >= 15 is 0 Å². The van der Waals surface area contributed by atoms with Crippen molar-refractivity contribution in [1.29, 1.82) is 0 Å². The average molecular weight is 385 g/mol. The maximum Gasteiger partial charge on any atom is 0.130 e. The Morgan fingerprint density at radius 1 is 1.47 bits per heavy atom. The van der Waals surface area contributed by atoms with Crippen molar-refractivity contribution in [2.24, 2.45) is 0 Å². The van der Waals surface area contributed by atoms with E-state index in [2.05, 4.69) is 38.5 Å². The SMILES string of the molecule is Fc1cc(Br)ccc1C1CCC(CI)O1. The number of rotatable bonds is 2. The Labute approximate surface area is 111 Å². The third kappa shape index (κ3) is 2.71. The lowest BCUT2D eigenvalue weighted by molar-refractivity contribution is 0.0576. The third-order valence-corrected chi connectivity index (χ3v) is 4.06. The predicted octanol–water partition coefficient (Wildman–Crippen LogP) is 4.24. The first kappa shape index (κ1) is 11.8. The third-order valence-electron chi connectivity index (χ3n) is 2.59. The highest BCUT2D eigenvalue weighted by atomic mass is 127. The Hall–Kier alpha value is 0.320. The summed E-state index contributed by atoms with van der Waals surface area (Å²) in [4.78, 5) is 0. The minimum atomic E-state index is -0.177. The Morgan fingerprint density at radius 2 is 2.27 bits per heavy atom. The lowest BCUT2D eigenvalue weighted by atomic mass is 10.1. The fraction of sp³-hybridized carbons (Fsp3) is 0.455. The second-order valence-corrected chi connectivity index (χ2v) is 5.44. The highest BCUT2D eigenvalue weighted by Crippen LogP contribution is 2.35. The van der Waals surface area contributed by atoms with Gasteiger partial charge in [0.1, 0.15) is 5.82 Å². The van der Waals surface area contributed by atoms with Gasteiger partial charge >= 0.3 is 0 Å². The molecule has 1 nitrogen and oxygen atoms in total. The van der Waals surface area contributed by atoms with E-state index in [1.165, 1.54) is 6.07 Å². The summed E-state index contributed by atoms with van der Waals surface area (Å²) in [6.07, 6.45) is 2.19. The van der Waals surface area contributed by atoms with Gasteiger partial charge in [-0.05, 0) is 25.0 Å². The van der Waals surface area contributed by atoms with E-state index in [-0.39, 0.29) is 11.9 Å². The molecule has 0 spiro atoms. The first-order valence-electron chi connectivity index (χ1n) is 4.87. The quantitative estimate of drug-likeness (QED) is 0.547. The number of benzene rings is 1. The summed E-state index contributed by atoms with van der Waals surface area (Å²) in [7, 11) is 0. The van der Waals surface area contributed by atoms with Crippen LogP contribution in [0.15, 0.2) is 22.7 Å². The van der Waals surface area contributed by atoms with E-state index in [9.17, 15) is 4.39 Å². The molecule has 1 fully saturated rings. The van der Waals surface area contributed by atoms with E-state index in [0.717, 1.165) is 21.7 Å². The number of halogens is 3.